The Hall–Kier alpha value is -1.80. The molecule has 26 heavy (non-hydrogen) atoms. The summed E-state index contributed by atoms with van der Waals surface area (Å²) in [5, 5.41) is 3.40. The highest BCUT2D eigenvalue weighted by atomic mass is 35.5. The molecule has 0 saturated heterocycles. The van der Waals surface area contributed by atoms with Crippen molar-refractivity contribution in [3.8, 4) is 5.75 Å². The van der Waals surface area contributed by atoms with Gasteiger partial charge in [0.05, 0.1) is 13.2 Å². The summed E-state index contributed by atoms with van der Waals surface area (Å²) in [4.78, 5) is 12.1. The average molecular weight is 417 g/mol. The average Bonchev–Trinajstić information content (AvgIpc) is 2.60. The van der Waals surface area contributed by atoms with Crippen LogP contribution in [-0.2, 0) is 21.4 Å². The fourth-order valence-electron chi connectivity index (χ4n) is 2.19. The van der Waals surface area contributed by atoms with Crippen LogP contribution in [0.2, 0.25) is 10.0 Å². The van der Waals surface area contributed by atoms with Gasteiger partial charge in [-0.25, -0.2) is 8.42 Å². The van der Waals surface area contributed by atoms with E-state index in [9.17, 15) is 13.2 Å². The second-order valence-electron chi connectivity index (χ2n) is 5.45. The number of hydrogen-bond donors (Lipinski definition) is 2. The van der Waals surface area contributed by atoms with Crippen LogP contribution < -0.4 is 14.8 Å². The fourth-order valence-corrected chi connectivity index (χ4v) is 4.02. The van der Waals surface area contributed by atoms with Crippen molar-refractivity contribution >= 4 is 39.1 Å². The lowest BCUT2D eigenvalue weighted by atomic mass is 10.2. The molecular weight excluding hydrogens is 399 g/mol. The summed E-state index contributed by atoms with van der Waals surface area (Å²) in [5.41, 5.74) is 0.731. The lowest BCUT2D eigenvalue weighted by molar-refractivity contribution is -0.122. The van der Waals surface area contributed by atoms with Gasteiger partial charge in [-0.05, 0) is 36.8 Å². The molecule has 0 saturated carbocycles. The zero-order chi connectivity index (χ0) is 19.3. The lowest BCUT2D eigenvalue weighted by Crippen LogP contribution is -2.44. The Kier molecular flexibility index (Phi) is 6.88. The zero-order valence-electron chi connectivity index (χ0n) is 14.1. The third-order valence-corrected chi connectivity index (χ3v) is 5.72. The van der Waals surface area contributed by atoms with Gasteiger partial charge in [0, 0.05) is 16.6 Å². The molecule has 2 aromatic rings. The van der Waals surface area contributed by atoms with E-state index in [0.29, 0.717) is 5.02 Å². The predicted octanol–water partition coefficient (Wildman–Crippen LogP) is 2.99. The van der Waals surface area contributed by atoms with Gasteiger partial charge in [0.15, 0.2) is 0 Å². The summed E-state index contributed by atoms with van der Waals surface area (Å²) in [6.07, 6.45) is 0. The second kappa shape index (κ2) is 8.73. The van der Waals surface area contributed by atoms with Gasteiger partial charge >= 0.3 is 0 Å². The maximum Gasteiger partial charge on any atom is 0.245 e. The van der Waals surface area contributed by atoms with E-state index in [1.54, 1.807) is 24.3 Å². The van der Waals surface area contributed by atoms with Crippen LogP contribution in [0, 0.1) is 0 Å². The van der Waals surface area contributed by atoms with E-state index in [1.807, 2.05) is 0 Å². The first-order valence-corrected chi connectivity index (χ1v) is 9.85. The molecule has 0 aliphatic heterocycles. The first kappa shape index (κ1) is 20.5. The summed E-state index contributed by atoms with van der Waals surface area (Å²) in [6, 6.07) is 10.3. The van der Waals surface area contributed by atoms with Crippen molar-refractivity contribution in [2.24, 2.45) is 0 Å². The highest BCUT2D eigenvalue weighted by Gasteiger charge is 2.25. The van der Waals surface area contributed by atoms with Gasteiger partial charge in [0.2, 0.25) is 15.9 Å². The topological polar surface area (TPSA) is 84.5 Å². The smallest absolute Gasteiger partial charge is 0.245 e. The quantitative estimate of drug-likeness (QED) is 0.726. The van der Waals surface area contributed by atoms with Crippen molar-refractivity contribution in [3.05, 3.63) is 58.1 Å². The zero-order valence-corrected chi connectivity index (χ0v) is 16.5. The normalized spacial score (nSPS) is 12.5. The van der Waals surface area contributed by atoms with Gasteiger partial charge in [-0.15, -0.1) is 0 Å². The number of rotatable bonds is 7. The summed E-state index contributed by atoms with van der Waals surface area (Å²) in [5.74, 6) is -0.361. The molecule has 2 rings (SSSR count). The third-order valence-electron chi connectivity index (χ3n) is 3.55. The minimum absolute atomic E-state index is 0.130. The van der Waals surface area contributed by atoms with Crippen molar-refractivity contribution < 1.29 is 17.9 Å². The number of methoxy groups -OCH3 is 1. The number of nitrogens with one attached hydrogen (secondary N) is 2. The van der Waals surface area contributed by atoms with Gasteiger partial charge in [-0.1, -0.05) is 41.4 Å². The SMILES string of the molecule is COc1ccc(Cl)cc1S(=O)(=O)N[C@H](C)C(=O)NCc1ccccc1Cl. The lowest BCUT2D eigenvalue weighted by Gasteiger charge is -2.16. The Morgan fingerprint density at radius 1 is 1.19 bits per heavy atom. The first-order valence-electron chi connectivity index (χ1n) is 7.61. The molecule has 9 heteroatoms. The molecule has 2 N–H and O–H groups in total. The maximum absolute atomic E-state index is 12.6. The molecule has 0 heterocycles. The van der Waals surface area contributed by atoms with Gasteiger partial charge in [0.25, 0.3) is 0 Å². The van der Waals surface area contributed by atoms with Crippen molar-refractivity contribution in [2.45, 2.75) is 24.4 Å². The van der Waals surface area contributed by atoms with E-state index in [1.165, 1.54) is 32.2 Å². The third kappa shape index (κ3) is 5.11. The molecule has 2 aromatic carbocycles. The molecule has 0 fully saturated rings. The number of ether oxygens (including phenoxy) is 1. The van der Waals surface area contributed by atoms with Crippen molar-refractivity contribution in [1.29, 1.82) is 0 Å². The van der Waals surface area contributed by atoms with Crippen molar-refractivity contribution in [1.82, 2.24) is 10.0 Å². The van der Waals surface area contributed by atoms with Crippen LogP contribution >= 0.6 is 23.2 Å². The number of halogens is 2. The monoisotopic (exact) mass is 416 g/mol. The van der Waals surface area contributed by atoms with Crippen molar-refractivity contribution in [3.63, 3.8) is 0 Å². The Morgan fingerprint density at radius 3 is 2.54 bits per heavy atom. The predicted molar refractivity (Wildman–Crippen MR) is 101 cm³/mol. The van der Waals surface area contributed by atoms with Crippen LogP contribution in [0.4, 0.5) is 0 Å². The van der Waals surface area contributed by atoms with E-state index in [0.717, 1.165) is 5.56 Å². The first-order chi connectivity index (χ1) is 12.2. The van der Waals surface area contributed by atoms with Gasteiger partial charge in [0.1, 0.15) is 10.6 Å². The largest absolute Gasteiger partial charge is 0.495 e. The van der Waals surface area contributed by atoms with Crippen LogP contribution in [0.5, 0.6) is 5.75 Å². The summed E-state index contributed by atoms with van der Waals surface area (Å²) >= 11 is 11.9. The molecule has 140 valence electrons. The Labute approximate surface area is 162 Å². The molecule has 0 aliphatic rings. The van der Waals surface area contributed by atoms with Crippen LogP contribution in [0.1, 0.15) is 12.5 Å². The van der Waals surface area contributed by atoms with Gasteiger partial charge in [-0.2, -0.15) is 4.72 Å². The van der Waals surface area contributed by atoms with E-state index in [-0.39, 0.29) is 22.2 Å². The minimum Gasteiger partial charge on any atom is -0.495 e. The summed E-state index contributed by atoms with van der Waals surface area (Å²) < 4.78 is 32.5. The molecule has 0 bridgehead atoms. The van der Waals surface area contributed by atoms with Crippen LogP contribution in [0.3, 0.4) is 0 Å². The van der Waals surface area contributed by atoms with Crippen LogP contribution in [0.15, 0.2) is 47.4 Å². The van der Waals surface area contributed by atoms with Crippen LogP contribution in [0.25, 0.3) is 0 Å². The Bertz CT molecular complexity index is 903. The van der Waals surface area contributed by atoms with E-state index in [4.69, 9.17) is 27.9 Å². The summed E-state index contributed by atoms with van der Waals surface area (Å²) in [6.45, 7) is 1.63. The molecule has 0 spiro atoms. The Morgan fingerprint density at radius 2 is 1.88 bits per heavy atom. The number of benzene rings is 2. The molecular formula is C17H18Cl2N2O4S. The van der Waals surface area contributed by atoms with Gasteiger partial charge in [-0.3, -0.25) is 4.79 Å². The van der Waals surface area contributed by atoms with Gasteiger partial charge < -0.3 is 10.1 Å². The van der Waals surface area contributed by atoms with Crippen LogP contribution in [-0.4, -0.2) is 27.5 Å². The summed E-state index contributed by atoms with van der Waals surface area (Å²) in [7, 11) is -2.66. The highest BCUT2D eigenvalue weighted by Crippen LogP contribution is 2.27. The van der Waals surface area contributed by atoms with E-state index >= 15 is 0 Å². The maximum atomic E-state index is 12.6. The van der Waals surface area contributed by atoms with E-state index in [2.05, 4.69) is 10.0 Å². The number of carbonyl (C=O) groups is 1. The molecule has 0 radical (unpaired) electrons. The Balaban J connectivity index is 2.08. The number of sulfonamides is 1. The fraction of sp³-hybridized carbons (Fsp3) is 0.235. The highest BCUT2D eigenvalue weighted by molar-refractivity contribution is 7.89. The molecule has 0 aliphatic carbocycles. The molecule has 0 unspecified atom stereocenters. The molecule has 1 amide bonds. The number of hydrogen-bond acceptors (Lipinski definition) is 4. The molecule has 6 nitrogen and oxygen atoms in total. The number of amides is 1. The second-order valence-corrected chi connectivity index (χ2v) is 7.97. The minimum atomic E-state index is -4.01. The van der Waals surface area contributed by atoms with E-state index < -0.39 is 22.0 Å². The van der Waals surface area contributed by atoms with Crippen molar-refractivity contribution in [2.75, 3.05) is 7.11 Å². The molecule has 1 atom stereocenters. The standard InChI is InChI=1S/C17H18Cl2N2O4S/c1-11(17(22)20-10-12-5-3-4-6-14(12)19)21-26(23,24)16-9-13(18)7-8-15(16)25-2/h3-9,11,21H,10H2,1-2H3,(H,20,22)/t11-/m1/s1. The number of carbonyl (C=O) groups excluding carboxylic acids is 1. The molecule has 0 aromatic heterocycles.